The molecule has 72 valence electrons. The van der Waals surface area contributed by atoms with E-state index in [0.29, 0.717) is 13.2 Å². The molecule has 13 heavy (non-hydrogen) atoms. The highest BCUT2D eigenvalue weighted by Crippen LogP contribution is 2.24. The van der Waals surface area contributed by atoms with Crippen molar-refractivity contribution in [3.05, 3.63) is 5.01 Å². The molecule has 0 spiro atoms. The van der Waals surface area contributed by atoms with Crippen LogP contribution in [0.25, 0.3) is 0 Å². The van der Waals surface area contributed by atoms with Crippen LogP contribution in [0.3, 0.4) is 0 Å². The normalized spacial score (nSPS) is 18.2. The Morgan fingerprint density at radius 1 is 1.46 bits per heavy atom. The summed E-state index contributed by atoms with van der Waals surface area (Å²) in [4.78, 5) is 0. The highest BCUT2D eigenvalue weighted by atomic mass is 32.2. The zero-order chi connectivity index (χ0) is 9.10. The molecule has 1 aromatic heterocycles. The van der Waals surface area contributed by atoms with E-state index in [0.717, 1.165) is 15.1 Å². The summed E-state index contributed by atoms with van der Waals surface area (Å²) >= 11 is 3.23. The number of ether oxygens (including phenoxy) is 2. The van der Waals surface area contributed by atoms with Crippen molar-refractivity contribution >= 4 is 23.1 Å². The third-order valence-corrected chi connectivity index (χ3v) is 3.55. The molecule has 2 heterocycles. The molecule has 0 N–H and O–H groups in total. The summed E-state index contributed by atoms with van der Waals surface area (Å²) < 4.78 is 11.6. The van der Waals surface area contributed by atoms with Gasteiger partial charge in [0.15, 0.2) is 10.6 Å². The molecular formula is C7H10N2O2S2. The van der Waals surface area contributed by atoms with E-state index in [1.165, 1.54) is 0 Å². The summed E-state index contributed by atoms with van der Waals surface area (Å²) in [5, 5.41) is 8.92. The molecule has 0 amide bonds. The molecule has 0 unspecified atom stereocenters. The highest BCUT2D eigenvalue weighted by molar-refractivity contribution is 8.01. The lowest BCUT2D eigenvalue weighted by Crippen LogP contribution is -2.10. The van der Waals surface area contributed by atoms with Gasteiger partial charge in [0.05, 0.1) is 19.0 Å². The second-order valence-electron chi connectivity index (χ2n) is 2.57. The van der Waals surface area contributed by atoms with Crippen molar-refractivity contribution in [3.8, 4) is 0 Å². The monoisotopic (exact) mass is 218 g/mol. The van der Waals surface area contributed by atoms with Gasteiger partial charge in [-0.25, -0.2) is 0 Å². The third kappa shape index (κ3) is 2.63. The van der Waals surface area contributed by atoms with Gasteiger partial charge in [-0.2, -0.15) is 0 Å². The van der Waals surface area contributed by atoms with Crippen LogP contribution >= 0.6 is 23.1 Å². The summed E-state index contributed by atoms with van der Waals surface area (Å²) in [6, 6.07) is 0. The Morgan fingerprint density at radius 3 is 2.85 bits per heavy atom. The van der Waals surface area contributed by atoms with E-state index in [4.69, 9.17) is 9.47 Å². The number of rotatable bonds is 3. The summed E-state index contributed by atoms with van der Waals surface area (Å²) in [7, 11) is 0. The van der Waals surface area contributed by atoms with Crippen molar-refractivity contribution in [2.24, 2.45) is 0 Å². The first-order valence-electron chi connectivity index (χ1n) is 4.01. The van der Waals surface area contributed by atoms with E-state index in [1.54, 1.807) is 23.1 Å². The zero-order valence-corrected chi connectivity index (χ0v) is 8.86. The zero-order valence-electron chi connectivity index (χ0n) is 7.23. The number of hydrogen-bond donors (Lipinski definition) is 0. The van der Waals surface area contributed by atoms with E-state index >= 15 is 0 Å². The fourth-order valence-corrected chi connectivity index (χ4v) is 2.77. The average molecular weight is 218 g/mol. The van der Waals surface area contributed by atoms with Crippen LogP contribution in [-0.4, -0.2) is 35.5 Å². The minimum absolute atomic E-state index is 0.0609. The summed E-state index contributed by atoms with van der Waals surface area (Å²) in [6.45, 7) is 3.37. The molecule has 0 atom stereocenters. The largest absolute Gasteiger partial charge is 0.349 e. The third-order valence-electron chi connectivity index (χ3n) is 1.54. The van der Waals surface area contributed by atoms with Gasteiger partial charge in [-0.3, -0.25) is 0 Å². The van der Waals surface area contributed by atoms with E-state index in [2.05, 4.69) is 10.2 Å². The predicted molar refractivity (Wildman–Crippen MR) is 51.1 cm³/mol. The van der Waals surface area contributed by atoms with E-state index in [-0.39, 0.29) is 6.29 Å². The van der Waals surface area contributed by atoms with Gasteiger partial charge in [0, 0.05) is 0 Å². The molecule has 1 aromatic rings. The van der Waals surface area contributed by atoms with Gasteiger partial charge in [0.25, 0.3) is 0 Å². The van der Waals surface area contributed by atoms with E-state index < -0.39 is 0 Å². The fraction of sp³-hybridized carbons (Fsp3) is 0.714. The van der Waals surface area contributed by atoms with Crippen LogP contribution in [0.1, 0.15) is 5.01 Å². The van der Waals surface area contributed by atoms with Crippen LogP contribution in [0, 0.1) is 6.92 Å². The van der Waals surface area contributed by atoms with Crippen molar-refractivity contribution in [1.29, 1.82) is 0 Å². The number of nitrogens with zero attached hydrogens (tertiary/aromatic N) is 2. The van der Waals surface area contributed by atoms with Crippen molar-refractivity contribution in [3.63, 3.8) is 0 Å². The first-order valence-corrected chi connectivity index (χ1v) is 5.81. The lowest BCUT2D eigenvalue weighted by Gasteiger charge is -2.05. The van der Waals surface area contributed by atoms with Crippen molar-refractivity contribution in [2.75, 3.05) is 19.0 Å². The maximum Gasteiger partial charge on any atom is 0.174 e. The minimum Gasteiger partial charge on any atom is -0.349 e. The number of aromatic nitrogens is 2. The molecule has 1 aliphatic heterocycles. The molecule has 4 nitrogen and oxygen atoms in total. The Balaban J connectivity index is 1.78. The molecule has 0 radical (unpaired) electrons. The smallest absolute Gasteiger partial charge is 0.174 e. The SMILES string of the molecule is Cc1nnc(SCC2OCCO2)s1. The molecule has 1 fully saturated rings. The Bertz CT molecular complexity index is 273. The van der Waals surface area contributed by atoms with Crippen LogP contribution in [0.5, 0.6) is 0 Å². The quantitative estimate of drug-likeness (QED) is 0.716. The molecule has 1 saturated heterocycles. The maximum atomic E-state index is 5.29. The second kappa shape index (κ2) is 4.36. The number of thioether (sulfide) groups is 1. The summed E-state index contributed by atoms with van der Waals surface area (Å²) in [5.41, 5.74) is 0. The molecular weight excluding hydrogens is 208 g/mol. The maximum absolute atomic E-state index is 5.29. The van der Waals surface area contributed by atoms with E-state index in [9.17, 15) is 0 Å². The minimum atomic E-state index is -0.0609. The fourth-order valence-electron chi connectivity index (χ4n) is 0.980. The second-order valence-corrected chi connectivity index (χ2v) is 5.02. The van der Waals surface area contributed by atoms with Gasteiger partial charge in [0.2, 0.25) is 0 Å². The van der Waals surface area contributed by atoms with Gasteiger partial charge in [-0.1, -0.05) is 23.1 Å². The Labute approximate surface area is 84.6 Å². The number of hydrogen-bond acceptors (Lipinski definition) is 6. The predicted octanol–water partition coefficient (Wildman–Crippen LogP) is 1.31. The number of aryl methyl sites for hydroxylation is 1. The Hall–Kier alpha value is -0.170. The van der Waals surface area contributed by atoms with Crippen LogP contribution in [0.4, 0.5) is 0 Å². The van der Waals surface area contributed by atoms with Gasteiger partial charge >= 0.3 is 0 Å². The Morgan fingerprint density at radius 2 is 2.23 bits per heavy atom. The lowest BCUT2D eigenvalue weighted by molar-refractivity contribution is -0.0214. The highest BCUT2D eigenvalue weighted by Gasteiger charge is 2.16. The lowest BCUT2D eigenvalue weighted by atomic mass is 10.8. The standard InChI is InChI=1S/C7H10N2O2S2/c1-5-8-9-7(13-5)12-4-6-10-2-3-11-6/h6H,2-4H2,1H3. The van der Waals surface area contributed by atoms with Crippen LogP contribution in [0.15, 0.2) is 4.34 Å². The van der Waals surface area contributed by atoms with Crippen LogP contribution < -0.4 is 0 Å². The molecule has 0 saturated carbocycles. The first kappa shape index (κ1) is 9.39. The topological polar surface area (TPSA) is 44.2 Å². The van der Waals surface area contributed by atoms with Gasteiger partial charge in [-0.15, -0.1) is 10.2 Å². The molecule has 6 heteroatoms. The molecule has 0 aliphatic carbocycles. The van der Waals surface area contributed by atoms with E-state index in [1.807, 2.05) is 6.92 Å². The summed E-state index contributed by atoms with van der Waals surface area (Å²) in [5.74, 6) is 0.800. The summed E-state index contributed by atoms with van der Waals surface area (Å²) in [6.07, 6.45) is -0.0609. The molecule has 0 bridgehead atoms. The van der Waals surface area contributed by atoms with Crippen LogP contribution in [0.2, 0.25) is 0 Å². The van der Waals surface area contributed by atoms with Crippen molar-refractivity contribution < 1.29 is 9.47 Å². The first-order chi connectivity index (χ1) is 6.34. The molecule has 1 aliphatic rings. The van der Waals surface area contributed by atoms with Crippen LogP contribution in [-0.2, 0) is 9.47 Å². The van der Waals surface area contributed by atoms with Crippen molar-refractivity contribution in [1.82, 2.24) is 10.2 Å². The average Bonchev–Trinajstić information content (AvgIpc) is 2.71. The van der Waals surface area contributed by atoms with Crippen molar-refractivity contribution in [2.45, 2.75) is 17.6 Å². The Kier molecular flexibility index (Phi) is 3.15. The molecule has 0 aromatic carbocycles. The van der Waals surface area contributed by atoms with Gasteiger partial charge in [0.1, 0.15) is 5.01 Å². The molecule has 2 rings (SSSR count). The van der Waals surface area contributed by atoms with Gasteiger partial charge < -0.3 is 9.47 Å². The van der Waals surface area contributed by atoms with Gasteiger partial charge in [-0.05, 0) is 6.92 Å².